The van der Waals surface area contributed by atoms with E-state index in [-0.39, 0.29) is 0 Å². The minimum Gasteiger partial charge on any atom is -0.323 e. The molecule has 0 unspecified atom stereocenters. The van der Waals surface area contributed by atoms with Gasteiger partial charge in [-0.1, -0.05) is 19.1 Å². The number of anilines is 2. The van der Waals surface area contributed by atoms with Gasteiger partial charge >= 0.3 is 0 Å². The molecule has 3 aromatic heterocycles. The van der Waals surface area contributed by atoms with Gasteiger partial charge in [-0.05, 0) is 56.2 Å². The number of aromatic nitrogens is 3. The largest absolute Gasteiger partial charge is 0.323 e. The molecule has 140 valence electrons. The van der Waals surface area contributed by atoms with Gasteiger partial charge in [0.15, 0.2) is 5.82 Å². The van der Waals surface area contributed by atoms with Crippen molar-refractivity contribution in [1.82, 2.24) is 14.8 Å². The summed E-state index contributed by atoms with van der Waals surface area (Å²) in [5.74, 6) is 1.09. The molecule has 4 heterocycles. The number of rotatable bonds is 4. The molecule has 0 amide bonds. The summed E-state index contributed by atoms with van der Waals surface area (Å²) in [5.41, 5.74) is 7.41. The minimum atomic E-state index is 0.987. The van der Waals surface area contributed by atoms with Gasteiger partial charge in [-0.15, -0.1) is 11.3 Å². The number of hydrogen-bond acceptors (Lipinski definition) is 4. The third-order valence-corrected chi connectivity index (χ3v) is 6.05. The fourth-order valence-corrected chi connectivity index (χ4v) is 4.78. The summed E-state index contributed by atoms with van der Waals surface area (Å²) in [4.78, 5) is 8.20. The van der Waals surface area contributed by atoms with E-state index in [0.717, 1.165) is 37.3 Å². The number of allylic oxidation sites excluding steroid dienone is 1. The van der Waals surface area contributed by atoms with Crippen molar-refractivity contribution < 1.29 is 0 Å². The van der Waals surface area contributed by atoms with Gasteiger partial charge in [-0.25, -0.2) is 0 Å². The summed E-state index contributed by atoms with van der Waals surface area (Å²) >= 11 is 1.80. The molecule has 0 spiro atoms. The molecule has 0 saturated heterocycles. The number of hydrogen-bond donors (Lipinski definition) is 0. The number of pyridine rings is 1. The van der Waals surface area contributed by atoms with Crippen LogP contribution in [0.3, 0.4) is 0 Å². The van der Waals surface area contributed by atoms with E-state index in [2.05, 4.69) is 65.1 Å². The van der Waals surface area contributed by atoms with E-state index < -0.39 is 0 Å². The zero-order valence-electron chi connectivity index (χ0n) is 16.5. The van der Waals surface area contributed by atoms with E-state index in [1.807, 2.05) is 13.1 Å². The highest BCUT2D eigenvalue weighted by molar-refractivity contribution is 7.11. The van der Waals surface area contributed by atoms with Gasteiger partial charge in [0.25, 0.3) is 0 Å². The molecule has 5 heteroatoms. The van der Waals surface area contributed by atoms with Crippen LogP contribution in [0.15, 0.2) is 35.9 Å². The highest BCUT2D eigenvalue weighted by Gasteiger charge is 2.28. The molecule has 0 aliphatic carbocycles. The Morgan fingerprint density at radius 1 is 1.33 bits per heavy atom. The first-order valence-electron chi connectivity index (χ1n) is 9.61. The van der Waals surface area contributed by atoms with E-state index in [1.54, 1.807) is 11.3 Å². The molecular weight excluding hydrogens is 352 g/mol. The van der Waals surface area contributed by atoms with Crippen LogP contribution in [0.5, 0.6) is 0 Å². The number of nitrogens with zero attached hydrogens (tertiary/aromatic N) is 4. The Bertz CT molecular complexity index is 982. The molecule has 27 heavy (non-hydrogen) atoms. The van der Waals surface area contributed by atoms with Crippen LogP contribution in [0.4, 0.5) is 11.5 Å². The van der Waals surface area contributed by atoms with E-state index in [9.17, 15) is 0 Å². The summed E-state index contributed by atoms with van der Waals surface area (Å²) in [5, 5.41) is 7.11. The fourth-order valence-electron chi connectivity index (χ4n) is 4.01. The lowest BCUT2D eigenvalue weighted by molar-refractivity contribution is 0.738. The Morgan fingerprint density at radius 3 is 2.89 bits per heavy atom. The second-order valence-electron chi connectivity index (χ2n) is 7.15. The Hall–Kier alpha value is -2.40. The van der Waals surface area contributed by atoms with Gasteiger partial charge in [0.2, 0.25) is 0 Å². The molecule has 0 bridgehead atoms. The standard InChI is InChI=1S/C22H26N4S/c1-5-8-17(20-10-7-12-27-20)21-18-9-6-11-26(22(18)24-25(21)4)19-14-23-16(3)13-15(19)2/h7-8,10,12-14H,5-6,9,11H2,1-4H3/b17-8+. The summed E-state index contributed by atoms with van der Waals surface area (Å²) in [6.07, 6.45) is 7.54. The molecule has 0 N–H and O–H groups in total. The Morgan fingerprint density at radius 2 is 2.19 bits per heavy atom. The topological polar surface area (TPSA) is 34.0 Å². The number of aryl methyl sites for hydroxylation is 3. The normalized spacial score (nSPS) is 14.5. The van der Waals surface area contributed by atoms with E-state index in [4.69, 9.17) is 5.10 Å². The molecule has 4 nitrogen and oxygen atoms in total. The van der Waals surface area contributed by atoms with Crippen LogP contribution in [0, 0.1) is 13.8 Å². The molecule has 1 aliphatic rings. The SMILES string of the molecule is CC/C=C(\c1cccs1)c1c2c(nn1C)N(c1cnc(C)cc1C)CCC2. The molecule has 0 atom stereocenters. The molecule has 0 radical (unpaired) electrons. The van der Waals surface area contributed by atoms with Crippen LogP contribution in [0.2, 0.25) is 0 Å². The summed E-state index contributed by atoms with van der Waals surface area (Å²) in [6, 6.07) is 6.49. The molecule has 3 aromatic rings. The van der Waals surface area contributed by atoms with Crippen molar-refractivity contribution in [2.75, 3.05) is 11.4 Å². The van der Waals surface area contributed by atoms with Crippen molar-refractivity contribution in [3.8, 4) is 0 Å². The first-order valence-corrected chi connectivity index (χ1v) is 10.5. The maximum absolute atomic E-state index is 4.96. The predicted molar refractivity (Wildman–Crippen MR) is 114 cm³/mol. The van der Waals surface area contributed by atoms with Crippen LogP contribution in [0.25, 0.3) is 5.57 Å². The molecule has 0 aromatic carbocycles. The molecular formula is C22H26N4S. The fraction of sp³-hybridized carbons (Fsp3) is 0.364. The predicted octanol–water partition coefficient (Wildman–Crippen LogP) is 5.42. The van der Waals surface area contributed by atoms with Crippen LogP contribution >= 0.6 is 11.3 Å². The highest BCUT2D eigenvalue weighted by Crippen LogP contribution is 2.40. The molecule has 1 aliphatic heterocycles. The van der Waals surface area contributed by atoms with Crippen molar-refractivity contribution in [3.63, 3.8) is 0 Å². The van der Waals surface area contributed by atoms with Crippen LogP contribution in [-0.4, -0.2) is 21.3 Å². The van der Waals surface area contributed by atoms with Crippen molar-refractivity contribution in [3.05, 3.63) is 63.2 Å². The van der Waals surface area contributed by atoms with Gasteiger partial charge in [0.1, 0.15) is 0 Å². The van der Waals surface area contributed by atoms with Gasteiger partial charge in [-0.2, -0.15) is 5.10 Å². The second kappa shape index (κ2) is 7.31. The van der Waals surface area contributed by atoms with Crippen molar-refractivity contribution in [2.24, 2.45) is 7.05 Å². The summed E-state index contributed by atoms with van der Waals surface area (Å²) in [7, 11) is 2.07. The van der Waals surface area contributed by atoms with Crippen molar-refractivity contribution in [1.29, 1.82) is 0 Å². The first kappa shape index (κ1) is 18.0. The third kappa shape index (κ3) is 3.21. The van der Waals surface area contributed by atoms with Crippen LogP contribution in [0.1, 0.15) is 47.2 Å². The zero-order valence-corrected chi connectivity index (χ0v) is 17.3. The van der Waals surface area contributed by atoms with Crippen molar-refractivity contribution >= 4 is 28.4 Å². The van der Waals surface area contributed by atoms with E-state index >= 15 is 0 Å². The van der Waals surface area contributed by atoms with Crippen LogP contribution < -0.4 is 4.90 Å². The summed E-state index contributed by atoms with van der Waals surface area (Å²) < 4.78 is 2.07. The lowest BCUT2D eigenvalue weighted by Crippen LogP contribution is -2.25. The zero-order chi connectivity index (χ0) is 19.0. The van der Waals surface area contributed by atoms with E-state index in [1.165, 1.54) is 33.0 Å². The van der Waals surface area contributed by atoms with Gasteiger partial charge in [0.05, 0.1) is 17.6 Å². The minimum absolute atomic E-state index is 0.987. The van der Waals surface area contributed by atoms with Crippen molar-refractivity contribution in [2.45, 2.75) is 40.0 Å². The number of thiophene rings is 1. The molecule has 0 saturated carbocycles. The average molecular weight is 379 g/mol. The monoisotopic (exact) mass is 378 g/mol. The van der Waals surface area contributed by atoms with Crippen LogP contribution in [-0.2, 0) is 13.5 Å². The summed E-state index contributed by atoms with van der Waals surface area (Å²) in [6.45, 7) is 7.39. The Labute approximate surface area is 165 Å². The number of fused-ring (bicyclic) bond motifs is 1. The average Bonchev–Trinajstić information content (AvgIpc) is 3.27. The lowest BCUT2D eigenvalue weighted by Gasteiger charge is -2.29. The lowest BCUT2D eigenvalue weighted by atomic mass is 9.98. The van der Waals surface area contributed by atoms with E-state index in [0.29, 0.717) is 0 Å². The quantitative estimate of drug-likeness (QED) is 0.608. The third-order valence-electron chi connectivity index (χ3n) is 5.15. The molecule has 4 rings (SSSR count). The van der Waals surface area contributed by atoms with Gasteiger partial charge in [-0.3, -0.25) is 9.67 Å². The first-order chi connectivity index (χ1) is 13.1. The Balaban J connectivity index is 1.85. The highest BCUT2D eigenvalue weighted by atomic mass is 32.1. The Kier molecular flexibility index (Phi) is 4.87. The van der Waals surface area contributed by atoms with Gasteiger partial charge < -0.3 is 4.90 Å². The van der Waals surface area contributed by atoms with Gasteiger partial charge in [0, 0.05) is 35.3 Å². The smallest absolute Gasteiger partial charge is 0.158 e. The maximum atomic E-state index is 4.96. The second-order valence-corrected chi connectivity index (χ2v) is 8.09. The molecule has 0 fully saturated rings. The maximum Gasteiger partial charge on any atom is 0.158 e.